The first-order chi connectivity index (χ1) is 9.02. The predicted molar refractivity (Wildman–Crippen MR) is 84.6 cm³/mol. The fourth-order valence-corrected chi connectivity index (χ4v) is 3.51. The Morgan fingerprint density at radius 3 is 2.68 bits per heavy atom. The third kappa shape index (κ3) is 3.75. The molecule has 1 aliphatic carbocycles. The molecule has 0 aromatic heterocycles. The molecule has 1 heteroatoms. The zero-order chi connectivity index (χ0) is 13.9. The molecule has 1 saturated carbocycles. The van der Waals surface area contributed by atoms with Gasteiger partial charge in [-0.15, -0.1) is 0 Å². The molecule has 0 aliphatic heterocycles. The lowest BCUT2D eigenvalue weighted by Gasteiger charge is -2.40. The molecule has 0 radical (unpaired) electrons. The number of anilines is 1. The topological polar surface area (TPSA) is 12.0 Å². The van der Waals surface area contributed by atoms with Gasteiger partial charge in [-0.25, -0.2) is 0 Å². The molecule has 2 atom stereocenters. The van der Waals surface area contributed by atoms with Crippen molar-refractivity contribution in [3.63, 3.8) is 0 Å². The van der Waals surface area contributed by atoms with Gasteiger partial charge in [0.15, 0.2) is 0 Å². The molecule has 1 aromatic rings. The van der Waals surface area contributed by atoms with Crippen molar-refractivity contribution in [3.05, 3.63) is 29.8 Å². The summed E-state index contributed by atoms with van der Waals surface area (Å²) in [5.74, 6) is 0.762. The van der Waals surface area contributed by atoms with Crippen molar-refractivity contribution < 1.29 is 0 Å². The highest BCUT2D eigenvalue weighted by Crippen LogP contribution is 2.39. The average molecular weight is 259 g/mol. The highest BCUT2D eigenvalue weighted by atomic mass is 14.9. The summed E-state index contributed by atoms with van der Waals surface area (Å²) >= 11 is 0. The van der Waals surface area contributed by atoms with Crippen LogP contribution in [0.4, 0.5) is 5.69 Å². The monoisotopic (exact) mass is 259 g/mol. The number of rotatable bonds is 4. The molecule has 106 valence electrons. The quantitative estimate of drug-likeness (QED) is 0.777. The Kier molecular flexibility index (Phi) is 4.54. The Balaban J connectivity index is 2.05. The maximum atomic E-state index is 3.82. The van der Waals surface area contributed by atoms with Gasteiger partial charge in [-0.2, -0.15) is 0 Å². The van der Waals surface area contributed by atoms with Gasteiger partial charge < -0.3 is 5.32 Å². The van der Waals surface area contributed by atoms with Crippen LogP contribution in [0.25, 0.3) is 0 Å². The molecule has 1 N–H and O–H groups in total. The van der Waals surface area contributed by atoms with Crippen LogP contribution in [0.15, 0.2) is 24.3 Å². The molecule has 0 bridgehead atoms. The molecule has 2 unspecified atom stereocenters. The van der Waals surface area contributed by atoms with Crippen LogP contribution in [0.5, 0.6) is 0 Å². The van der Waals surface area contributed by atoms with E-state index in [0.29, 0.717) is 11.5 Å². The summed E-state index contributed by atoms with van der Waals surface area (Å²) in [5, 5.41) is 3.82. The molecule has 0 amide bonds. The predicted octanol–water partition coefficient (Wildman–Crippen LogP) is 5.27. The van der Waals surface area contributed by atoms with E-state index in [2.05, 4.69) is 57.3 Å². The summed E-state index contributed by atoms with van der Waals surface area (Å²) in [7, 11) is 0. The summed E-state index contributed by atoms with van der Waals surface area (Å²) in [5.41, 5.74) is 3.36. The van der Waals surface area contributed by atoms with Crippen molar-refractivity contribution in [2.45, 2.75) is 65.8 Å². The lowest BCUT2D eigenvalue weighted by atomic mass is 9.70. The van der Waals surface area contributed by atoms with E-state index in [1.807, 2.05) is 0 Å². The summed E-state index contributed by atoms with van der Waals surface area (Å²) in [6.07, 6.45) is 6.36. The minimum atomic E-state index is 0.528. The smallest absolute Gasteiger partial charge is 0.0374 e. The molecule has 1 aromatic carbocycles. The number of para-hydroxylation sites is 1. The highest BCUT2D eigenvalue weighted by Gasteiger charge is 2.32. The van der Waals surface area contributed by atoms with E-state index in [9.17, 15) is 0 Å². The molecular formula is C18H29N. The van der Waals surface area contributed by atoms with E-state index < -0.39 is 0 Å². The van der Waals surface area contributed by atoms with Crippen LogP contribution >= 0.6 is 0 Å². The second kappa shape index (κ2) is 5.98. The van der Waals surface area contributed by atoms with Gasteiger partial charge in [0.25, 0.3) is 0 Å². The number of aryl methyl sites for hydroxylation is 1. The third-order valence-electron chi connectivity index (χ3n) is 4.57. The first-order valence-corrected chi connectivity index (χ1v) is 7.86. The van der Waals surface area contributed by atoms with E-state index in [1.165, 1.54) is 43.4 Å². The van der Waals surface area contributed by atoms with Crippen LogP contribution in [-0.2, 0) is 6.42 Å². The second-order valence-corrected chi connectivity index (χ2v) is 7.04. The molecule has 1 aliphatic rings. The van der Waals surface area contributed by atoms with Gasteiger partial charge in [-0.1, -0.05) is 52.3 Å². The van der Waals surface area contributed by atoms with E-state index >= 15 is 0 Å². The van der Waals surface area contributed by atoms with Gasteiger partial charge in [0.05, 0.1) is 0 Å². The van der Waals surface area contributed by atoms with Gasteiger partial charge in [0.2, 0.25) is 0 Å². The van der Waals surface area contributed by atoms with Crippen molar-refractivity contribution in [2.75, 3.05) is 5.32 Å². The van der Waals surface area contributed by atoms with Crippen molar-refractivity contribution >= 4 is 5.69 Å². The normalized spacial score (nSPS) is 26.1. The maximum Gasteiger partial charge on any atom is 0.0374 e. The van der Waals surface area contributed by atoms with Crippen LogP contribution in [0.2, 0.25) is 0 Å². The van der Waals surface area contributed by atoms with E-state index in [0.717, 1.165) is 5.92 Å². The lowest BCUT2D eigenvalue weighted by Crippen LogP contribution is -2.37. The lowest BCUT2D eigenvalue weighted by molar-refractivity contribution is 0.177. The van der Waals surface area contributed by atoms with Gasteiger partial charge >= 0.3 is 0 Å². The molecule has 2 rings (SSSR count). The van der Waals surface area contributed by atoms with Gasteiger partial charge in [0.1, 0.15) is 0 Å². The SMILES string of the molecule is CCCc1ccccc1NC1CCC(C)(C)CC1C. The Bertz CT molecular complexity index is 408. The van der Waals surface area contributed by atoms with Crippen LogP contribution < -0.4 is 5.32 Å². The van der Waals surface area contributed by atoms with Crippen molar-refractivity contribution in [1.29, 1.82) is 0 Å². The van der Waals surface area contributed by atoms with Crippen molar-refractivity contribution in [1.82, 2.24) is 0 Å². The molecule has 0 heterocycles. The van der Waals surface area contributed by atoms with Gasteiger partial charge in [-0.3, -0.25) is 0 Å². The standard InChI is InChI=1S/C18H29N/c1-5-8-15-9-6-7-10-17(15)19-16-11-12-18(3,4)13-14(16)2/h6-7,9-10,14,16,19H,5,8,11-13H2,1-4H3. The maximum absolute atomic E-state index is 3.82. The van der Waals surface area contributed by atoms with Gasteiger partial charge in [0, 0.05) is 11.7 Å². The van der Waals surface area contributed by atoms with E-state index in [-0.39, 0.29) is 0 Å². The van der Waals surface area contributed by atoms with Gasteiger partial charge in [-0.05, 0) is 48.6 Å². The number of hydrogen-bond donors (Lipinski definition) is 1. The fraction of sp³-hybridized carbons (Fsp3) is 0.667. The van der Waals surface area contributed by atoms with Crippen LogP contribution in [0, 0.1) is 11.3 Å². The highest BCUT2D eigenvalue weighted by molar-refractivity contribution is 5.52. The second-order valence-electron chi connectivity index (χ2n) is 7.04. The van der Waals surface area contributed by atoms with Crippen molar-refractivity contribution in [3.8, 4) is 0 Å². The minimum absolute atomic E-state index is 0.528. The summed E-state index contributed by atoms with van der Waals surface area (Å²) in [6, 6.07) is 9.47. The summed E-state index contributed by atoms with van der Waals surface area (Å²) in [4.78, 5) is 0. The number of hydrogen-bond acceptors (Lipinski definition) is 1. The molecule has 19 heavy (non-hydrogen) atoms. The molecular weight excluding hydrogens is 230 g/mol. The fourth-order valence-electron chi connectivity index (χ4n) is 3.51. The number of nitrogens with one attached hydrogen (secondary N) is 1. The minimum Gasteiger partial charge on any atom is -0.382 e. The first kappa shape index (κ1) is 14.4. The van der Waals surface area contributed by atoms with Crippen LogP contribution in [0.3, 0.4) is 0 Å². The first-order valence-electron chi connectivity index (χ1n) is 7.86. The Morgan fingerprint density at radius 2 is 2.00 bits per heavy atom. The van der Waals surface area contributed by atoms with E-state index in [4.69, 9.17) is 0 Å². The van der Waals surface area contributed by atoms with Crippen LogP contribution in [0.1, 0.15) is 58.9 Å². The summed E-state index contributed by atoms with van der Waals surface area (Å²) in [6.45, 7) is 9.47. The average Bonchev–Trinajstić information content (AvgIpc) is 2.35. The van der Waals surface area contributed by atoms with E-state index in [1.54, 1.807) is 0 Å². The molecule has 0 saturated heterocycles. The third-order valence-corrected chi connectivity index (χ3v) is 4.57. The zero-order valence-corrected chi connectivity index (χ0v) is 13.0. The largest absolute Gasteiger partial charge is 0.382 e. The summed E-state index contributed by atoms with van der Waals surface area (Å²) < 4.78 is 0. The molecule has 0 spiro atoms. The Labute approximate surface area is 118 Å². The Morgan fingerprint density at radius 1 is 1.26 bits per heavy atom. The van der Waals surface area contributed by atoms with Crippen molar-refractivity contribution in [2.24, 2.45) is 11.3 Å². The number of benzene rings is 1. The molecule has 1 nitrogen and oxygen atoms in total. The Hall–Kier alpha value is -0.980. The zero-order valence-electron chi connectivity index (χ0n) is 13.0. The van der Waals surface area contributed by atoms with Crippen LogP contribution in [-0.4, -0.2) is 6.04 Å². The molecule has 1 fully saturated rings.